The molecular weight excluding hydrogens is 579 g/mol. The van der Waals surface area contributed by atoms with Crippen molar-refractivity contribution < 1.29 is 19.2 Å². The summed E-state index contributed by atoms with van der Waals surface area (Å²) in [6.45, 7) is -0.105. The number of halogens is 3. The van der Waals surface area contributed by atoms with Gasteiger partial charge in [0, 0.05) is 31.7 Å². The van der Waals surface area contributed by atoms with Crippen LogP contribution in [0.25, 0.3) is 6.08 Å². The molecule has 3 aromatic rings. The van der Waals surface area contributed by atoms with Gasteiger partial charge >= 0.3 is 0 Å². The molecule has 0 saturated carbocycles. The van der Waals surface area contributed by atoms with Crippen LogP contribution in [0, 0.1) is 10.1 Å². The van der Waals surface area contributed by atoms with Crippen molar-refractivity contribution in [3.05, 3.63) is 107 Å². The molecule has 0 bridgehead atoms. The SMILES string of the molecule is O=C1S/C(=C\c2cc(Br)ccc2OCc2ccccc2[N+](=O)[O-])C(=O)N1Cc1c(Cl)cccc1Cl. The second kappa shape index (κ2) is 10.8. The molecule has 1 aliphatic heterocycles. The highest BCUT2D eigenvalue weighted by atomic mass is 79.9. The summed E-state index contributed by atoms with van der Waals surface area (Å²) in [6.07, 6.45) is 1.55. The Hall–Kier alpha value is -2.85. The van der Waals surface area contributed by atoms with Crippen LogP contribution in [0.2, 0.25) is 10.0 Å². The van der Waals surface area contributed by atoms with Crippen LogP contribution in [-0.4, -0.2) is 21.0 Å². The number of hydrogen-bond acceptors (Lipinski definition) is 6. The number of nitrogens with zero attached hydrogens (tertiary/aromatic N) is 2. The smallest absolute Gasteiger partial charge is 0.293 e. The van der Waals surface area contributed by atoms with Gasteiger partial charge in [0.2, 0.25) is 0 Å². The zero-order chi connectivity index (χ0) is 25.1. The third kappa shape index (κ3) is 5.70. The molecule has 7 nitrogen and oxygen atoms in total. The summed E-state index contributed by atoms with van der Waals surface area (Å²) in [4.78, 5) is 37.8. The number of nitro groups is 1. The first-order valence-electron chi connectivity index (χ1n) is 10.1. The molecule has 1 heterocycles. The summed E-state index contributed by atoms with van der Waals surface area (Å²) in [6, 6.07) is 16.4. The van der Waals surface area contributed by atoms with Gasteiger partial charge in [-0.2, -0.15) is 0 Å². The number of carbonyl (C=O) groups is 2. The van der Waals surface area contributed by atoms with E-state index in [0.717, 1.165) is 21.1 Å². The first-order valence-corrected chi connectivity index (χ1v) is 12.4. The fourth-order valence-corrected chi connectivity index (χ4v) is 5.07. The second-order valence-electron chi connectivity index (χ2n) is 7.32. The third-order valence-electron chi connectivity index (χ3n) is 5.08. The zero-order valence-electron chi connectivity index (χ0n) is 17.7. The Labute approximate surface area is 222 Å². The lowest BCUT2D eigenvalue weighted by Gasteiger charge is -2.15. The molecule has 0 aliphatic carbocycles. The maximum atomic E-state index is 13.0. The van der Waals surface area contributed by atoms with Gasteiger partial charge in [0.15, 0.2) is 0 Å². The van der Waals surface area contributed by atoms with E-state index in [9.17, 15) is 19.7 Å². The van der Waals surface area contributed by atoms with E-state index in [1.807, 2.05) is 0 Å². The summed E-state index contributed by atoms with van der Waals surface area (Å²) < 4.78 is 6.60. The van der Waals surface area contributed by atoms with Gasteiger partial charge in [-0.15, -0.1) is 0 Å². The van der Waals surface area contributed by atoms with Crippen LogP contribution in [-0.2, 0) is 17.9 Å². The Morgan fingerprint density at radius 2 is 1.77 bits per heavy atom. The first-order chi connectivity index (χ1) is 16.7. The summed E-state index contributed by atoms with van der Waals surface area (Å²) in [5, 5.41) is 11.6. The van der Waals surface area contributed by atoms with E-state index in [2.05, 4.69) is 15.9 Å². The molecule has 3 aromatic carbocycles. The predicted octanol–water partition coefficient (Wildman–Crippen LogP) is 7.48. The molecule has 11 heteroatoms. The van der Waals surface area contributed by atoms with Crippen LogP contribution in [0.15, 0.2) is 70.0 Å². The number of hydrogen-bond donors (Lipinski definition) is 0. The van der Waals surface area contributed by atoms with Crippen molar-refractivity contribution in [2.45, 2.75) is 13.2 Å². The number of ether oxygens (including phenoxy) is 1. The lowest BCUT2D eigenvalue weighted by atomic mass is 10.1. The monoisotopic (exact) mass is 592 g/mol. The van der Waals surface area contributed by atoms with Crippen LogP contribution < -0.4 is 4.74 Å². The number of benzene rings is 3. The van der Waals surface area contributed by atoms with Crippen molar-refractivity contribution in [2.75, 3.05) is 0 Å². The molecular formula is C24H15BrCl2N2O5S. The largest absolute Gasteiger partial charge is 0.488 e. The average Bonchev–Trinajstić information content (AvgIpc) is 3.08. The Morgan fingerprint density at radius 1 is 1.06 bits per heavy atom. The number of carbonyl (C=O) groups excluding carboxylic acids is 2. The number of imide groups is 1. The highest BCUT2D eigenvalue weighted by molar-refractivity contribution is 9.10. The van der Waals surface area contributed by atoms with Crippen molar-refractivity contribution in [3.8, 4) is 5.75 Å². The van der Waals surface area contributed by atoms with E-state index >= 15 is 0 Å². The molecule has 0 N–H and O–H groups in total. The van der Waals surface area contributed by atoms with Gasteiger partial charge < -0.3 is 4.74 Å². The average molecular weight is 594 g/mol. The minimum absolute atomic E-state index is 0.0495. The minimum Gasteiger partial charge on any atom is -0.488 e. The fraction of sp³-hybridized carbons (Fsp3) is 0.0833. The van der Waals surface area contributed by atoms with Crippen molar-refractivity contribution >= 4 is 73.8 Å². The van der Waals surface area contributed by atoms with Crippen molar-refractivity contribution in [3.63, 3.8) is 0 Å². The Bertz CT molecular complexity index is 1360. The van der Waals surface area contributed by atoms with E-state index in [4.69, 9.17) is 27.9 Å². The molecule has 0 radical (unpaired) electrons. The topological polar surface area (TPSA) is 89.7 Å². The molecule has 35 heavy (non-hydrogen) atoms. The molecule has 2 amide bonds. The Balaban J connectivity index is 1.59. The molecule has 0 unspecified atom stereocenters. The summed E-state index contributed by atoms with van der Waals surface area (Å²) in [5.41, 5.74) is 1.36. The van der Waals surface area contributed by atoms with Crippen LogP contribution in [0.4, 0.5) is 10.5 Å². The lowest BCUT2D eigenvalue weighted by molar-refractivity contribution is -0.385. The fourth-order valence-electron chi connectivity index (χ4n) is 3.35. The maximum absolute atomic E-state index is 13.0. The molecule has 1 saturated heterocycles. The highest BCUT2D eigenvalue weighted by Gasteiger charge is 2.36. The Kier molecular flexibility index (Phi) is 7.81. The van der Waals surface area contributed by atoms with Gasteiger partial charge in [0.25, 0.3) is 16.8 Å². The van der Waals surface area contributed by atoms with E-state index in [-0.39, 0.29) is 23.7 Å². The number of rotatable bonds is 7. The normalized spacial score (nSPS) is 14.6. The van der Waals surface area contributed by atoms with Crippen LogP contribution >= 0.6 is 50.9 Å². The van der Waals surface area contributed by atoms with Gasteiger partial charge in [-0.05, 0) is 54.2 Å². The van der Waals surface area contributed by atoms with E-state index in [0.29, 0.717) is 32.5 Å². The predicted molar refractivity (Wildman–Crippen MR) is 140 cm³/mol. The molecule has 0 aromatic heterocycles. The first kappa shape index (κ1) is 25.2. The molecule has 1 fully saturated rings. The van der Waals surface area contributed by atoms with Gasteiger partial charge in [0.05, 0.1) is 21.9 Å². The van der Waals surface area contributed by atoms with Gasteiger partial charge in [-0.25, -0.2) is 0 Å². The summed E-state index contributed by atoms with van der Waals surface area (Å²) in [7, 11) is 0. The van der Waals surface area contributed by atoms with E-state index in [1.165, 1.54) is 6.07 Å². The third-order valence-corrected chi connectivity index (χ3v) is 7.19. The molecule has 178 valence electrons. The van der Waals surface area contributed by atoms with Crippen molar-refractivity contribution in [2.24, 2.45) is 0 Å². The van der Waals surface area contributed by atoms with Gasteiger partial charge in [-0.3, -0.25) is 24.6 Å². The number of amides is 2. The van der Waals surface area contributed by atoms with Gasteiger partial charge in [-0.1, -0.05) is 57.3 Å². The molecule has 0 spiro atoms. The molecule has 0 atom stereocenters. The summed E-state index contributed by atoms with van der Waals surface area (Å²) >= 11 is 16.6. The summed E-state index contributed by atoms with van der Waals surface area (Å²) in [5.74, 6) is -0.0899. The number of thioether (sulfide) groups is 1. The quantitative estimate of drug-likeness (QED) is 0.160. The van der Waals surface area contributed by atoms with Crippen molar-refractivity contribution in [1.82, 2.24) is 4.90 Å². The molecule has 1 aliphatic rings. The molecule has 4 rings (SSSR count). The van der Waals surface area contributed by atoms with Crippen molar-refractivity contribution in [1.29, 1.82) is 0 Å². The second-order valence-corrected chi connectivity index (χ2v) is 10.0. The standard InChI is InChI=1S/C24H15BrCl2N2O5S/c25-16-8-9-21(34-13-14-4-1-2-7-20(14)29(32)33)15(10-16)11-22-23(30)28(24(31)35-22)12-17-18(26)5-3-6-19(17)27/h1-11H,12-13H2/b22-11-. The minimum atomic E-state index is -0.486. The Morgan fingerprint density at radius 3 is 2.49 bits per heavy atom. The number of nitro benzene ring substituents is 1. The van der Waals surface area contributed by atoms with Crippen LogP contribution in [0.1, 0.15) is 16.7 Å². The van der Waals surface area contributed by atoms with Crippen LogP contribution in [0.5, 0.6) is 5.75 Å². The van der Waals surface area contributed by atoms with E-state index < -0.39 is 16.1 Å². The van der Waals surface area contributed by atoms with Gasteiger partial charge in [0.1, 0.15) is 12.4 Å². The van der Waals surface area contributed by atoms with Crippen LogP contribution in [0.3, 0.4) is 0 Å². The maximum Gasteiger partial charge on any atom is 0.293 e. The number of para-hydroxylation sites is 1. The lowest BCUT2D eigenvalue weighted by Crippen LogP contribution is -2.27. The van der Waals surface area contributed by atoms with E-state index in [1.54, 1.807) is 60.7 Å². The zero-order valence-corrected chi connectivity index (χ0v) is 21.7. The highest BCUT2D eigenvalue weighted by Crippen LogP contribution is 2.37.